The normalized spacial score (nSPS) is 11.6. The van der Waals surface area contributed by atoms with Crippen molar-refractivity contribution >= 4 is 60.3 Å². The van der Waals surface area contributed by atoms with E-state index in [1.807, 2.05) is 12.1 Å². The third-order valence-electron chi connectivity index (χ3n) is 5.77. The maximum Gasteiger partial charge on any atom is 0.423 e. The summed E-state index contributed by atoms with van der Waals surface area (Å²) in [7, 11) is 0. The van der Waals surface area contributed by atoms with Gasteiger partial charge in [-0.25, -0.2) is 4.79 Å². The molecule has 0 bridgehead atoms. The fraction of sp³-hybridized carbons (Fsp3) is 0. The van der Waals surface area contributed by atoms with Crippen LogP contribution in [0.15, 0.2) is 91.0 Å². The molecule has 0 unspecified atom stereocenters. The van der Waals surface area contributed by atoms with Crippen LogP contribution in [-0.2, 0) is 4.79 Å². The van der Waals surface area contributed by atoms with Crippen molar-refractivity contribution in [2.45, 2.75) is 0 Å². The average molecular weight is 371 g/mol. The second-order valence-corrected chi connectivity index (χ2v) is 7.42. The summed E-state index contributed by atoms with van der Waals surface area (Å²) in [6.07, 6.45) is 0. The molecule has 6 aromatic rings. The predicted octanol–water partition coefficient (Wildman–Crippen LogP) is 6.90. The van der Waals surface area contributed by atoms with Crippen molar-refractivity contribution in [3.63, 3.8) is 0 Å². The Morgan fingerprint density at radius 2 is 1.03 bits per heavy atom. The van der Waals surface area contributed by atoms with E-state index in [0.29, 0.717) is 5.75 Å². The van der Waals surface area contributed by atoms with Gasteiger partial charge in [0, 0.05) is 5.39 Å². The van der Waals surface area contributed by atoms with E-state index in [2.05, 4.69) is 72.8 Å². The average Bonchev–Trinajstić information content (AvgIpc) is 2.75. The highest BCUT2D eigenvalue weighted by atomic mass is 16.5. The topological polar surface area (TPSA) is 26.3 Å². The molecule has 0 amide bonds. The smallest absolute Gasteiger partial charge is 0.417 e. The van der Waals surface area contributed by atoms with Crippen molar-refractivity contribution in [2.24, 2.45) is 0 Å². The first-order valence-corrected chi connectivity index (χ1v) is 9.56. The van der Waals surface area contributed by atoms with Gasteiger partial charge in [-0.2, -0.15) is 0 Å². The van der Waals surface area contributed by atoms with Gasteiger partial charge in [0.2, 0.25) is 0 Å². The number of fused-ring (bicyclic) bond motifs is 6. The third-order valence-corrected chi connectivity index (χ3v) is 5.77. The van der Waals surface area contributed by atoms with E-state index in [4.69, 9.17) is 4.74 Å². The lowest BCUT2D eigenvalue weighted by Crippen LogP contribution is -1.90. The van der Waals surface area contributed by atoms with Crippen LogP contribution in [0.3, 0.4) is 0 Å². The summed E-state index contributed by atoms with van der Waals surface area (Å²) >= 11 is 0. The van der Waals surface area contributed by atoms with E-state index >= 15 is 0 Å². The summed E-state index contributed by atoms with van der Waals surface area (Å²) in [5.74, 6) is 0.531. The standard InChI is InChI=1S/C27H15O2/c28-16-29-27-7-3-6-19-12-20-8-9-21-13-22-10-17-4-1-2-5-18(17)11-23(22)14-24(21)25(20)15-26(19)27/h1-15H. The van der Waals surface area contributed by atoms with E-state index < -0.39 is 0 Å². The monoisotopic (exact) mass is 371 g/mol. The zero-order valence-corrected chi connectivity index (χ0v) is 15.5. The lowest BCUT2D eigenvalue weighted by atomic mass is 9.94. The molecule has 29 heavy (non-hydrogen) atoms. The summed E-state index contributed by atoms with van der Waals surface area (Å²) in [5, 5.41) is 11.6. The first-order chi connectivity index (χ1) is 14.3. The van der Waals surface area contributed by atoms with Gasteiger partial charge in [0.15, 0.2) is 0 Å². The van der Waals surface area contributed by atoms with Gasteiger partial charge in [-0.3, -0.25) is 0 Å². The van der Waals surface area contributed by atoms with Crippen molar-refractivity contribution < 1.29 is 9.53 Å². The highest BCUT2D eigenvalue weighted by Crippen LogP contribution is 2.35. The van der Waals surface area contributed by atoms with Crippen molar-refractivity contribution in [1.82, 2.24) is 0 Å². The molecule has 0 aliphatic carbocycles. The molecule has 135 valence electrons. The largest absolute Gasteiger partial charge is 0.423 e. The van der Waals surface area contributed by atoms with Gasteiger partial charge in [0.1, 0.15) is 5.75 Å². The number of hydrogen-bond acceptors (Lipinski definition) is 2. The van der Waals surface area contributed by atoms with Crippen molar-refractivity contribution in [3.8, 4) is 5.75 Å². The Balaban J connectivity index is 1.73. The Bertz CT molecular complexity index is 1600. The minimum absolute atomic E-state index is 0.531. The maximum absolute atomic E-state index is 10.8. The highest BCUT2D eigenvalue weighted by molar-refractivity contribution is 6.16. The zero-order chi connectivity index (χ0) is 19.4. The van der Waals surface area contributed by atoms with Crippen LogP contribution in [0.5, 0.6) is 5.75 Å². The molecule has 0 N–H and O–H groups in total. The fourth-order valence-corrected chi connectivity index (χ4v) is 4.38. The van der Waals surface area contributed by atoms with Crippen LogP contribution >= 0.6 is 0 Å². The minimum atomic E-state index is 0.531. The number of rotatable bonds is 2. The Hall–Kier alpha value is -3.91. The molecule has 6 aromatic carbocycles. The highest BCUT2D eigenvalue weighted by Gasteiger charge is 2.09. The Kier molecular flexibility index (Phi) is 3.35. The molecular weight excluding hydrogens is 356 g/mol. The van der Waals surface area contributed by atoms with Crippen LogP contribution in [0.25, 0.3) is 53.9 Å². The summed E-state index contributed by atoms with van der Waals surface area (Å²) in [6, 6.07) is 31.8. The molecule has 2 nitrogen and oxygen atoms in total. The molecule has 0 atom stereocenters. The van der Waals surface area contributed by atoms with E-state index in [-0.39, 0.29) is 0 Å². The fourth-order valence-electron chi connectivity index (χ4n) is 4.38. The number of carbonyl (C=O) groups excluding carboxylic acids is 1. The van der Waals surface area contributed by atoms with Crippen LogP contribution in [0.1, 0.15) is 0 Å². The molecule has 6 rings (SSSR count). The summed E-state index contributed by atoms with van der Waals surface area (Å²) in [5.41, 5.74) is 0. The number of ether oxygens (including phenoxy) is 1. The molecule has 2 heteroatoms. The molecule has 0 spiro atoms. The van der Waals surface area contributed by atoms with E-state index in [0.717, 1.165) is 21.5 Å². The van der Waals surface area contributed by atoms with Crippen LogP contribution in [-0.4, -0.2) is 6.47 Å². The molecule has 0 saturated carbocycles. The van der Waals surface area contributed by atoms with Gasteiger partial charge in [0.05, 0.1) is 0 Å². The second kappa shape index (κ2) is 6.05. The van der Waals surface area contributed by atoms with E-state index in [1.54, 1.807) is 12.5 Å². The van der Waals surface area contributed by atoms with Gasteiger partial charge in [0.25, 0.3) is 0 Å². The number of benzene rings is 6. The van der Waals surface area contributed by atoms with Crippen molar-refractivity contribution in [3.05, 3.63) is 91.0 Å². The quantitative estimate of drug-likeness (QED) is 0.244. The van der Waals surface area contributed by atoms with Gasteiger partial charge >= 0.3 is 6.47 Å². The molecule has 0 aliphatic rings. The van der Waals surface area contributed by atoms with Crippen LogP contribution in [0.4, 0.5) is 0 Å². The van der Waals surface area contributed by atoms with Gasteiger partial charge in [-0.1, -0.05) is 48.5 Å². The van der Waals surface area contributed by atoms with Gasteiger partial charge in [-0.15, -0.1) is 0 Å². The van der Waals surface area contributed by atoms with Crippen LogP contribution in [0, 0.1) is 0 Å². The Morgan fingerprint density at radius 1 is 0.483 bits per heavy atom. The van der Waals surface area contributed by atoms with Gasteiger partial charge in [-0.05, 0) is 90.9 Å². The third kappa shape index (κ3) is 2.46. The Labute approximate surface area is 166 Å². The molecule has 0 fully saturated rings. The minimum Gasteiger partial charge on any atom is -0.417 e. The number of hydrogen-bond donors (Lipinski definition) is 0. The first-order valence-electron chi connectivity index (χ1n) is 9.56. The van der Waals surface area contributed by atoms with Crippen molar-refractivity contribution in [1.29, 1.82) is 0 Å². The maximum atomic E-state index is 10.8. The summed E-state index contributed by atoms with van der Waals surface area (Å²) < 4.78 is 5.09. The first kappa shape index (κ1) is 16.1. The van der Waals surface area contributed by atoms with E-state index in [9.17, 15) is 4.79 Å². The Morgan fingerprint density at radius 3 is 1.76 bits per heavy atom. The van der Waals surface area contributed by atoms with Crippen molar-refractivity contribution in [2.75, 3.05) is 0 Å². The molecule has 0 heterocycles. The second-order valence-electron chi connectivity index (χ2n) is 7.42. The summed E-state index contributed by atoms with van der Waals surface area (Å²) in [4.78, 5) is 10.8. The van der Waals surface area contributed by atoms with E-state index in [1.165, 1.54) is 32.3 Å². The molecule has 0 aromatic heterocycles. The molecule has 0 aliphatic heterocycles. The molecule has 0 saturated heterocycles. The molecular formula is C27H15O2. The van der Waals surface area contributed by atoms with Crippen LogP contribution < -0.4 is 4.74 Å². The lowest BCUT2D eigenvalue weighted by Gasteiger charge is -2.10. The van der Waals surface area contributed by atoms with Gasteiger partial charge < -0.3 is 4.74 Å². The zero-order valence-electron chi connectivity index (χ0n) is 15.5. The van der Waals surface area contributed by atoms with Crippen LogP contribution in [0.2, 0.25) is 0 Å². The summed E-state index contributed by atoms with van der Waals surface area (Å²) in [6.45, 7) is 1.55. The predicted molar refractivity (Wildman–Crippen MR) is 120 cm³/mol. The SMILES string of the molecule is O=[C]Oc1cccc2cc3ccc4cc5cc6ccccc6cc5cc4c3cc12. The molecule has 1 radical (unpaired) electrons. The lowest BCUT2D eigenvalue weighted by molar-refractivity contribution is 0.445.